The topological polar surface area (TPSA) is 55.8 Å². The molecular weight excluding hydrogens is 279 g/mol. The zero-order valence-electron chi connectivity index (χ0n) is 11.8. The predicted octanol–water partition coefficient (Wildman–Crippen LogP) is 2.49. The molecule has 0 bridgehead atoms. The van der Waals surface area contributed by atoms with Gasteiger partial charge in [0.05, 0.1) is 7.11 Å². The first-order chi connectivity index (χ1) is 8.95. The Morgan fingerprint density at radius 3 is 2.15 bits per heavy atom. The van der Waals surface area contributed by atoms with E-state index in [2.05, 4.69) is 4.74 Å². The van der Waals surface area contributed by atoms with E-state index in [0.29, 0.717) is 4.90 Å². The van der Waals surface area contributed by atoms with Crippen LogP contribution >= 0.6 is 0 Å². The van der Waals surface area contributed by atoms with Gasteiger partial charge in [0.1, 0.15) is 5.60 Å². The lowest BCUT2D eigenvalue weighted by Crippen LogP contribution is -2.63. The number of nitrogens with zero attached hydrogens (tertiary/aromatic N) is 1. The number of esters is 1. The summed E-state index contributed by atoms with van der Waals surface area (Å²) in [5.74, 6) is -1.49. The maximum Gasteiger partial charge on any atom is 0.422 e. The Bertz CT molecular complexity index is 402. The summed E-state index contributed by atoms with van der Waals surface area (Å²) in [6.07, 6.45) is -6.57. The summed E-state index contributed by atoms with van der Waals surface area (Å²) in [6, 6.07) is 0. The lowest BCUT2D eigenvalue weighted by Gasteiger charge is -2.37. The molecule has 0 N–H and O–H groups in total. The van der Waals surface area contributed by atoms with Crippen molar-refractivity contribution < 1.29 is 32.2 Å². The molecule has 0 spiro atoms. The number of amides is 1. The summed E-state index contributed by atoms with van der Waals surface area (Å²) in [4.78, 5) is 24.0. The standard InChI is InChI=1S/C12H18F3NO4/c1-10(2,3)20-9(18)16-7-5-6-11(16,8(17)19-4)12(13,14)15/h5-7H2,1-4H3. The fraction of sp³-hybridized carbons (Fsp3) is 0.833. The van der Waals surface area contributed by atoms with E-state index in [4.69, 9.17) is 4.74 Å². The molecule has 0 aromatic carbocycles. The maximum atomic E-state index is 13.3. The molecule has 0 saturated carbocycles. The number of hydrogen-bond donors (Lipinski definition) is 0. The second-order valence-corrected chi connectivity index (χ2v) is 5.59. The number of methoxy groups -OCH3 is 1. The fourth-order valence-electron chi connectivity index (χ4n) is 2.17. The molecule has 8 heteroatoms. The third kappa shape index (κ3) is 2.83. The average Bonchev–Trinajstić information content (AvgIpc) is 2.70. The third-order valence-corrected chi connectivity index (χ3v) is 2.99. The molecule has 1 fully saturated rings. The van der Waals surface area contributed by atoms with Crippen molar-refractivity contribution in [1.29, 1.82) is 0 Å². The van der Waals surface area contributed by atoms with Gasteiger partial charge in [-0.3, -0.25) is 4.90 Å². The normalized spacial score (nSPS) is 23.6. The van der Waals surface area contributed by atoms with Gasteiger partial charge in [0.2, 0.25) is 5.54 Å². The lowest BCUT2D eigenvalue weighted by atomic mass is 9.95. The summed E-state index contributed by atoms with van der Waals surface area (Å²) < 4.78 is 49.3. The Balaban J connectivity index is 3.17. The van der Waals surface area contributed by atoms with Gasteiger partial charge in [0.15, 0.2) is 0 Å². The van der Waals surface area contributed by atoms with Gasteiger partial charge >= 0.3 is 18.2 Å². The van der Waals surface area contributed by atoms with Crippen LogP contribution in [0.3, 0.4) is 0 Å². The fourth-order valence-corrected chi connectivity index (χ4v) is 2.17. The second-order valence-electron chi connectivity index (χ2n) is 5.59. The van der Waals surface area contributed by atoms with E-state index in [1.54, 1.807) is 0 Å². The van der Waals surface area contributed by atoms with E-state index in [1.807, 2.05) is 0 Å². The largest absolute Gasteiger partial charge is 0.467 e. The zero-order valence-corrected chi connectivity index (χ0v) is 11.8. The van der Waals surface area contributed by atoms with Crippen LogP contribution in [-0.2, 0) is 14.3 Å². The summed E-state index contributed by atoms with van der Waals surface area (Å²) in [7, 11) is 0.863. The average molecular weight is 297 g/mol. The summed E-state index contributed by atoms with van der Waals surface area (Å²) in [5, 5.41) is 0. The van der Waals surface area contributed by atoms with Crippen LogP contribution in [0.5, 0.6) is 0 Å². The Morgan fingerprint density at radius 1 is 1.20 bits per heavy atom. The van der Waals surface area contributed by atoms with Crippen molar-refractivity contribution in [1.82, 2.24) is 4.90 Å². The minimum atomic E-state index is -4.92. The molecule has 1 heterocycles. The van der Waals surface area contributed by atoms with Gasteiger partial charge < -0.3 is 9.47 Å². The van der Waals surface area contributed by atoms with Gasteiger partial charge in [-0.25, -0.2) is 9.59 Å². The number of hydrogen-bond acceptors (Lipinski definition) is 4. The second kappa shape index (κ2) is 5.14. The van der Waals surface area contributed by atoms with Crippen LogP contribution in [0.4, 0.5) is 18.0 Å². The van der Waals surface area contributed by atoms with E-state index < -0.39 is 35.8 Å². The molecule has 0 aliphatic carbocycles. The first kappa shape index (κ1) is 16.6. The van der Waals surface area contributed by atoms with Crippen LogP contribution in [0.15, 0.2) is 0 Å². The molecule has 5 nitrogen and oxygen atoms in total. The van der Waals surface area contributed by atoms with Crippen molar-refractivity contribution in [3.05, 3.63) is 0 Å². The van der Waals surface area contributed by atoms with Gasteiger partial charge in [-0.15, -0.1) is 0 Å². The highest BCUT2D eigenvalue weighted by molar-refractivity contribution is 5.87. The number of alkyl halides is 3. The van der Waals surface area contributed by atoms with Gasteiger partial charge in [0.25, 0.3) is 0 Å². The Labute approximate surface area is 115 Å². The van der Waals surface area contributed by atoms with E-state index in [0.717, 1.165) is 7.11 Å². The van der Waals surface area contributed by atoms with E-state index >= 15 is 0 Å². The molecule has 0 aromatic heterocycles. The van der Waals surface area contributed by atoms with Gasteiger partial charge in [-0.1, -0.05) is 0 Å². The van der Waals surface area contributed by atoms with E-state index in [-0.39, 0.29) is 13.0 Å². The molecule has 20 heavy (non-hydrogen) atoms. The predicted molar refractivity (Wildman–Crippen MR) is 63.0 cm³/mol. The summed E-state index contributed by atoms with van der Waals surface area (Å²) in [5.41, 5.74) is -3.91. The number of likely N-dealkylation sites (tertiary alicyclic amines) is 1. The number of halogens is 3. The number of carbonyl (C=O) groups is 2. The Hall–Kier alpha value is -1.47. The van der Waals surface area contributed by atoms with Crippen LogP contribution in [0.1, 0.15) is 33.6 Å². The lowest BCUT2D eigenvalue weighted by molar-refractivity contribution is -0.228. The molecule has 1 amide bonds. The third-order valence-electron chi connectivity index (χ3n) is 2.99. The first-order valence-corrected chi connectivity index (χ1v) is 6.11. The van der Waals surface area contributed by atoms with Gasteiger partial charge in [0, 0.05) is 6.54 Å². The minimum absolute atomic E-state index is 0.0495. The van der Waals surface area contributed by atoms with Crippen LogP contribution < -0.4 is 0 Å². The molecular formula is C12H18F3NO4. The van der Waals surface area contributed by atoms with Crippen molar-refractivity contribution in [2.45, 2.75) is 50.9 Å². The number of rotatable bonds is 1. The Kier molecular flexibility index (Phi) is 4.26. The molecule has 0 aromatic rings. The quantitative estimate of drug-likeness (QED) is 0.698. The molecule has 1 unspecified atom stereocenters. The highest BCUT2D eigenvalue weighted by Crippen LogP contribution is 2.44. The molecule has 0 radical (unpaired) electrons. The Morgan fingerprint density at radius 2 is 1.75 bits per heavy atom. The van der Waals surface area contributed by atoms with Crippen molar-refractivity contribution in [2.75, 3.05) is 13.7 Å². The summed E-state index contributed by atoms with van der Waals surface area (Å²) in [6.45, 7) is 4.40. The molecule has 1 atom stereocenters. The first-order valence-electron chi connectivity index (χ1n) is 6.11. The van der Waals surface area contributed by atoms with Crippen molar-refractivity contribution in [3.8, 4) is 0 Å². The van der Waals surface area contributed by atoms with Crippen LogP contribution in [0, 0.1) is 0 Å². The van der Waals surface area contributed by atoms with Crippen molar-refractivity contribution >= 4 is 12.1 Å². The van der Waals surface area contributed by atoms with Crippen LogP contribution in [0.2, 0.25) is 0 Å². The number of ether oxygens (including phenoxy) is 2. The molecule has 1 saturated heterocycles. The van der Waals surface area contributed by atoms with Crippen molar-refractivity contribution in [2.24, 2.45) is 0 Å². The zero-order chi connectivity index (χ0) is 15.8. The molecule has 1 rings (SSSR count). The van der Waals surface area contributed by atoms with E-state index in [1.165, 1.54) is 20.8 Å². The SMILES string of the molecule is COC(=O)C1(C(F)(F)F)CCCN1C(=O)OC(C)(C)C. The number of carbonyl (C=O) groups excluding carboxylic acids is 2. The van der Waals surface area contributed by atoms with Crippen LogP contribution in [-0.4, -0.2) is 47.9 Å². The maximum absolute atomic E-state index is 13.3. The molecule has 1 aliphatic heterocycles. The smallest absolute Gasteiger partial charge is 0.422 e. The van der Waals surface area contributed by atoms with Crippen LogP contribution in [0.25, 0.3) is 0 Å². The van der Waals surface area contributed by atoms with E-state index in [9.17, 15) is 22.8 Å². The van der Waals surface area contributed by atoms with Gasteiger partial charge in [-0.2, -0.15) is 13.2 Å². The molecule has 1 aliphatic rings. The highest BCUT2D eigenvalue weighted by Gasteiger charge is 2.68. The highest BCUT2D eigenvalue weighted by atomic mass is 19.4. The minimum Gasteiger partial charge on any atom is -0.467 e. The summed E-state index contributed by atoms with van der Waals surface area (Å²) >= 11 is 0. The monoisotopic (exact) mass is 297 g/mol. The van der Waals surface area contributed by atoms with Gasteiger partial charge in [-0.05, 0) is 33.6 Å². The molecule has 116 valence electrons. The van der Waals surface area contributed by atoms with Crippen molar-refractivity contribution in [3.63, 3.8) is 0 Å².